The summed E-state index contributed by atoms with van der Waals surface area (Å²) in [5, 5.41) is 11.1. The van der Waals surface area contributed by atoms with E-state index < -0.39 is 23.1 Å². The van der Waals surface area contributed by atoms with Crippen LogP contribution in [-0.2, 0) is 4.84 Å². The SMILES string of the molecule is CONC(=O)c1cc(Nc2ncnn3cc(-c4noc(C)n4)c(C(C)C)c23)c(F)cc1F. The van der Waals surface area contributed by atoms with Crippen LogP contribution in [0.1, 0.15) is 41.6 Å². The zero-order chi connectivity index (χ0) is 23.0. The molecule has 0 spiro atoms. The minimum absolute atomic E-state index is 0.0125. The number of aromatic nitrogens is 5. The van der Waals surface area contributed by atoms with Gasteiger partial charge in [-0.05, 0) is 17.5 Å². The topological polar surface area (TPSA) is 119 Å². The summed E-state index contributed by atoms with van der Waals surface area (Å²) in [7, 11) is 1.21. The number of hydroxylamine groups is 1. The molecule has 0 aliphatic carbocycles. The van der Waals surface area contributed by atoms with Crippen LogP contribution in [0, 0.1) is 18.6 Å². The predicted molar refractivity (Wildman–Crippen MR) is 109 cm³/mol. The van der Waals surface area contributed by atoms with Crippen LogP contribution in [0.5, 0.6) is 0 Å². The lowest BCUT2D eigenvalue weighted by atomic mass is 9.99. The zero-order valence-corrected chi connectivity index (χ0v) is 17.6. The molecule has 166 valence electrons. The Kier molecular flexibility index (Phi) is 5.53. The van der Waals surface area contributed by atoms with E-state index in [-0.39, 0.29) is 17.4 Å². The second-order valence-corrected chi connectivity index (χ2v) is 7.22. The van der Waals surface area contributed by atoms with Crippen LogP contribution in [0.4, 0.5) is 20.3 Å². The van der Waals surface area contributed by atoms with Crippen molar-refractivity contribution in [3.63, 3.8) is 0 Å². The van der Waals surface area contributed by atoms with Crippen LogP contribution in [0.25, 0.3) is 16.9 Å². The van der Waals surface area contributed by atoms with Gasteiger partial charge in [-0.2, -0.15) is 10.1 Å². The molecule has 0 fully saturated rings. The van der Waals surface area contributed by atoms with E-state index in [1.807, 2.05) is 19.3 Å². The molecule has 3 aromatic heterocycles. The van der Waals surface area contributed by atoms with Crippen molar-refractivity contribution >= 4 is 22.9 Å². The first-order valence-corrected chi connectivity index (χ1v) is 9.56. The van der Waals surface area contributed by atoms with Crippen molar-refractivity contribution in [2.24, 2.45) is 0 Å². The average Bonchev–Trinajstić information content (AvgIpc) is 3.34. The fraction of sp³-hybridized carbons (Fsp3) is 0.250. The summed E-state index contributed by atoms with van der Waals surface area (Å²) in [6.07, 6.45) is 3.00. The highest BCUT2D eigenvalue weighted by Gasteiger charge is 2.24. The van der Waals surface area contributed by atoms with Crippen LogP contribution >= 0.6 is 0 Å². The molecule has 12 heteroatoms. The molecule has 1 aromatic carbocycles. The van der Waals surface area contributed by atoms with Crippen molar-refractivity contribution in [3.05, 3.63) is 53.3 Å². The first-order chi connectivity index (χ1) is 15.3. The smallest absolute Gasteiger partial charge is 0.277 e. The van der Waals surface area contributed by atoms with Gasteiger partial charge in [-0.15, -0.1) is 0 Å². The van der Waals surface area contributed by atoms with Crippen molar-refractivity contribution in [1.82, 2.24) is 30.2 Å². The Bertz CT molecular complexity index is 1320. The molecular weight excluding hydrogens is 424 g/mol. The molecule has 0 aliphatic rings. The lowest BCUT2D eigenvalue weighted by molar-refractivity contribution is 0.0533. The molecule has 0 saturated heterocycles. The fourth-order valence-electron chi connectivity index (χ4n) is 3.39. The summed E-state index contributed by atoms with van der Waals surface area (Å²) in [5.41, 5.74) is 3.49. The van der Waals surface area contributed by atoms with Crippen LogP contribution < -0.4 is 10.8 Å². The molecule has 3 heterocycles. The van der Waals surface area contributed by atoms with Crippen LogP contribution in [0.15, 0.2) is 29.2 Å². The minimum Gasteiger partial charge on any atom is -0.339 e. The van der Waals surface area contributed by atoms with Crippen molar-refractivity contribution in [1.29, 1.82) is 0 Å². The number of carbonyl (C=O) groups is 1. The standard InChI is InChI=1S/C20H19F2N7O3/c1-9(2)16-12(18-25-10(3)32-27-18)7-29-17(16)19(23-8-24-29)26-15-5-11(20(30)28-31-4)13(21)6-14(15)22/h5-9H,1-4H3,(H,28,30)(H,23,24,26). The van der Waals surface area contributed by atoms with Crippen molar-refractivity contribution < 1.29 is 22.9 Å². The third-order valence-electron chi connectivity index (χ3n) is 4.71. The van der Waals surface area contributed by atoms with Crippen LogP contribution in [0.3, 0.4) is 0 Å². The summed E-state index contributed by atoms with van der Waals surface area (Å²) < 4.78 is 35.3. The third kappa shape index (κ3) is 3.75. The lowest BCUT2D eigenvalue weighted by Crippen LogP contribution is -2.23. The molecule has 0 radical (unpaired) electrons. The maximum atomic E-state index is 14.5. The highest BCUT2D eigenvalue weighted by atomic mass is 19.1. The third-order valence-corrected chi connectivity index (χ3v) is 4.71. The Balaban J connectivity index is 1.85. The van der Waals surface area contributed by atoms with Gasteiger partial charge >= 0.3 is 0 Å². The van der Waals surface area contributed by atoms with Gasteiger partial charge in [0.05, 0.1) is 18.4 Å². The number of benzene rings is 1. The predicted octanol–water partition coefficient (Wildman–Crippen LogP) is 3.52. The Morgan fingerprint density at radius 2 is 2.03 bits per heavy atom. The normalized spacial score (nSPS) is 11.3. The number of fused-ring (bicyclic) bond motifs is 1. The summed E-state index contributed by atoms with van der Waals surface area (Å²) in [5.74, 6) is -1.77. The molecule has 0 unspecified atom stereocenters. The van der Waals surface area contributed by atoms with Gasteiger partial charge in [0.25, 0.3) is 5.91 Å². The summed E-state index contributed by atoms with van der Waals surface area (Å²) >= 11 is 0. The lowest BCUT2D eigenvalue weighted by Gasteiger charge is -2.13. The van der Waals surface area contributed by atoms with Gasteiger partial charge in [0.15, 0.2) is 5.82 Å². The zero-order valence-electron chi connectivity index (χ0n) is 17.6. The molecular formula is C20H19F2N7O3. The van der Waals surface area contributed by atoms with Gasteiger partial charge in [0, 0.05) is 24.8 Å². The number of rotatable bonds is 6. The van der Waals surface area contributed by atoms with E-state index in [4.69, 9.17) is 4.52 Å². The number of hydrogen-bond acceptors (Lipinski definition) is 8. The monoisotopic (exact) mass is 443 g/mol. The number of anilines is 2. The molecule has 0 saturated carbocycles. The van der Waals surface area contributed by atoms with Gasteiger partial charge in [-0.1, -0.05) is 19.0 Å². The number of hydrogen-bond donors (Lipinski definition) is 2. The number of amides is 1. The minimum atomic E-state index is -1.03. The number of carbonyl (C=O) groups excluding carboxylic acids is 1. The quantitative estimate of drug-likeness (QED) is 0.435. The average molecular weight is 443 g/mol. The number of halogens is 2. The Hall–Kier alpha value is -3.93. The van der Waals surface area contributed by atoms with Gasteiger partial charge in [-0.25, -0.2) is 23.8 Å². The van der Waals surface area contributed by atoms with Gasteiger partial charge in [0.2, 0.25) is 11.7 Å². The highest BCUT2D eigenvalue weighted by molar-refractivity contribution is 5.95. The largest absolute Gasteiger partial charge is 0.339 e. The van der Waals surface area contributed by atoms with E-state index >= 15 is 0 Å². The number of nitrogens with zero attached hydrogens (tertiary/aromatic N) is 5. The highest BCUT2D eigenvalue weighted by Crippen LogP contribution is 2.36. The molecule has 4 rings (SSSR count). The second kappa shape index (κ2) is 8.30. The maximum absolute atomic E-state index is 14.5. The number of aryl methyl sites for hydroxylation is 1. The number of nitrogens with one attached hydrogen (secondary N) is 2. The Labute approximate surface area is 180 Å². The van der Waals surface area contributed by atoms with Gasteiger partial charge in [0.1, 0.15) is 23.5 Å². The molecule has 0 atom stereocenters. The molecule has 32 heavy (non-hydrogen) atoms. The van der Waals surface area contributed by atoms with E-state index in [0.29, 0.717) is 28.9 Å². The van der Waals surface area contributed by atoms with E-state index in [1.54, 1.807) is 17.6 Å². The molecule has 2 N–H and O–H groups in total. The molecule has 0 aliphatic heterocycles. The van der Waals surface area contributed by atoms with Crippen LogP contribution in [0.2, 0.25) is 0 Å². The summed E-state index contributed by atoms with van der Waals surface area (Å²) in [4.78, 5) is 25.1. The van der Waals surface area contributed by atoms with Gasteiger partial charge in [-0.3, -0.25) is 9.63 Å². The summed E-state index contributed by atoms with van der Waals surface area (Å²) in [6, 6.07) is 1.65. The molecule has 10 nitrogen and oxygen atoms in total. The van der Waals surface area contributed by atoms with Crippen molar-refractivity contribution in [2.45, 2.75) is 26.7 Å². The fourth-order valence-corrected chi connectivity index (χ4v) is 3.39. The van der Waals surface area contributed by atoms with Crippen molar-refractivity contribution in [2.75, 3.05) is 12.4 Å². The van der Waals surface area contributed by atoms with E-state index in [1.165, 1.54) is 13.4 Å². The second-order valence-electron chi connectivity index (χ2n) is 7.22. The van der Waals surface area contributed by atoms with E-state index in [2.05, 4.69) is 30.4 Å². The maximum Gasteiger partial charge on any atom is 0.277 e. The summed E-state index contributed by atoms with van der Waals surface area (Å²) in [6.45, 7) is 5.62. The van der Waals surface area contributed by atoms with E-state index in [0.717, 1.165) is 11.6 Å². The van der Waals surface area contributed by atoms with Crippen molar-refractivity contribution in [3.8, 4) is 11.4 Å². The first-order valence-electron chi connectivity index (χ1n) is 9.56. The molecule has 0 bridgehead atoms. The molecule has 4 aromatic rings. The molecule has 1 amide bonds. The van der Waals surface area contributed by atoms with Gasteiger partial charge < -0.3 is 9.84 Å². The van der Waals surface area contributed by atoms with E-state index in [9.17, 15) is 13.6 Å². The van der Waals surface area contributed by atoms with Crippen LogP contribution in [-0.4, -0.2) is 37.8 Å². The Morgan fingerprint density at radius 3 is 2.69 bits per heavy atom. The Morgan fingerprint density at radius 1 is 1.25 bits per heavy atom. The first kappa shape index (κ1) is 21.3.